The standard InChI is InChI=1S/C13H23NO/c15-9-11-6-12-2-1-3-13(7-11)14(12)8-10-4-5-10/h10-13,15H,1-9H2. The number of fused-ring (bicyclic) bond motifs is 2. The lowest BCUT2D eigenvalue weighted by molar-refractivity contribution is -0.00398. The summed E-state index contributed by atoms with van der Waals surface area (Å²) in [5.41, 5.74) is 0. The van der Waals surface area contributed by atoms with Crippen LogP contribution in [-0.4, -0.2) is 35.2 Å². The van der Waals surface area contributed by atoms with Gasteiger partial charge in [0, 0.05) is 25.2 Å². The summed E-state index contributed by atoms with van der Waals surface area (Å²) in [5.74, 6) is 1.63. The van der Waals surface area contributed by atoms with Crippen molar-refractivity contribution in [3.63, 3.8) is 0 Å². The fourth-order valence-electron chi connectivity index (χ4n) is 3.64. The minimum absolute atomic E-state index is 0.421. The van der Waals surface area contributed by atoms with Gasteiger partial charge in [0.2, 0.25) is 0 Å². The molecule has 3 fully saturated rings. The molecular formula is C13H23NO. The molecule has 86 valence electrons. The van der Waals surface area contributed by atoms with E-state index in [1.807, 2.05) is 0 Å². The number of aliphatic hydroxyl groups is 1. The van der Waals surface area contributed by atoms with Crippen LogP contribution in [0.2, 0.25) is 0 Å². The highest BCUT2D eigenvalue weighted by Gasteiger charge is 2.39. The summed E-state index contributed by atoms with van der Waals surface area (Å²) in [7, 11) is 0. The third-order valence-electron chi connectivity index (χ3n) is 4.65. The highest BCUT2D eigenvalue weighted by Crippen LogP contribution is 2.40. The van der Waals surface area contributed by atoms with Crippen LogP contribution in [0.15, 0.2) is 0 Å². The molecule has 2 aliphatic heterocycles. The lowest BCUT2D eigenvalue weighted by Gasteiger charge is -2.49. The third kappa shape index (κ3) is 2.07. The van der Waals surface area contributed by atoms with Crippen LogP contribution in [0.5, 0.6) is 0 Å². The molecule has 0 amide bonds. The zero-order valence-electron chi connectivity index (χ0n) is 9.57. The van der Waals surface area contributed by atoms with Gasteiger partial charge in [0.25, 0.3) is 0 Å². The van der Waals surface area contributed by atoms with E-state index in [0.717, 1.165) is 18.0 Å². The normalized spacial score (nSPS) is 41.8. The molecule has 3 aliphatic rings. The predicted octanol–water partition coefficient (Wildman–Crippen LogP) is 2.02. The molecule has 0 spiro atoms. The second kappa shape index (κ2) is 4.06. The molecule has 0 radical (unpaired) electrons. The maximum atomic E-state index is 9.31. The first-order chi connectivity index (χ1) is 7.36. The van der Waals surface area contributed by atoms with Crippen LogP contribution in [0.3, 0.4) is 0 Å². The topological polar surface area (TPSA) is 23.5 Å². The number of nitrogens with zero attached hydrogens (tertiary/aromatic N) is 1. The van der Waals surface area contributed by atoms with Gasteiger partial charge in [-0.2, -0.15) is 0 Å². The van der Waals surface area contributed by atoms with E-state index >= 15 is 0 Å². The molecule has 2 atom stereocenters. The summed E-state index contributed by atoms with van der Waals surface area (Å²) in [5, 5.41) is 9.31. The fourth-order valence-corrected chi connectivity index (χ4v) is 3.64. The van der Waals surface area contributed by atoms with E-state index in [4.69, 9.17) is 0 Å². The molecule has 1 aliphatic carbocycles. The molecule has 1 N–H and O–H groups in total. The van der Waals surface area contributed by atoms with Crippen LogP contribution in [-0.2, 0) is 0 Å². The molecule has 0 aromatic rings. The average Bonchev–Trinajstić information content (AvgIpc) is 3.01. The number of aliphatic hydroxyl groups excluding tert-OH is 1. The number of rotatable bonds is 3. The van der Waals surface area contributed by atoms with Crippen LogP contribution in [0, 0.1) is 11.8 Å². The van der Waals surface area contributed by atoms with Crippen LogP contribution in [0.4, 0.5) is 0 Å². The molecular weight excluding hydrogens is 186 g/mol. The summed E-state index contributed by atoms with van der Waals surface area (Å²) in [6.45, 7) is 1.79. The lowest BCUT2D eigenvalue weighted by atomic mass is 9.78. The molecule has 0 aromatic carbocycles. The Morgan fingerprint density at radius 3 is 2.13 bits per heavy atom. The first-order valence-electron chi connectivity index (χ1n) is 6.73. The highest BCUT2D eigenvalue weighted by molar-refractivity contribution is 4.94. The van der Waals surface area contributed by atoms with Crippen molar-refractivity contribution in [3.05, 3.63) is 0 Å². The molecule has 3 rings (SSSR count). The zero-order valence-corrected chi connectivity index (χ0v) is 9.57. The van der Waals surface area contributed by atoms with Crippen LogP contribution >= 0.6 is 0 Å². The fraction of sp³-hybridized carbons (Fsp3) is 1.00. The molecule has 2 bridgehead atoms. The first kappa shape index (κ1) is 10.1. The Hall–Kier alpha value is -0.0800. The first-order valence-corrected chi connectivity index (χ1v) is 6.73. The molecule has 2 heterocycles. The second-order valence-electron chi connectivity index (χ2n) is 5.90. The minimum atomic E-state index is 0.421. The van der Waals surface area contributed by atoms with E-state index in [-0.39, 0.29) is 0 Å². The quantitative estimate of drug-likeness (QED) is 0.768. The monoisotopic (exact) mass is 209 g/mol. The Bertz CT molecular complexity index is 213. The summed E-state index contributed by atoms with van der Waals surface area (Å²) in [4.78, 5) is 2.80. The van der Waals surface area contributed by atoms with Gasteiger partial charge in [-0.05, 0) is 50.4 Å². The number of piperidine rings is 2. The lowest BCUT2D eigenvalue weighted by Crippen LogP contribution is -2.53. The summed E-state index contributed by atoms with van der Waals surface area (Å²) < 4.78 is 0. The van der Waals surface area contributed by atoms with Crippen molar-refractivity contribution in [1.29, 1.82) is 0 Å². The van der Waals surface area contributed by atoms with Crippen molar-refractivity contribution >= 4 is 0 Å². The van der Waals surface area contributed by atoms with Crippen LogP contribution in [0.25, 0.3) is 0 Å². The SMILES string of the molecule is OCC1CC2CCCC(C1)N2CC1CC1. The van der Waals surface area contributed by atoms with E-state index in [0.29, 0.717) is 12.5 Å². The van der Waals surface area contributed by atoms with E-state index in [1.165, 1.54) is 51.5 Å². The van der Waals surface area contributed by atoms with E-state index < -0.39 is 0 Å². The van der Waals surface area contributed by atoms with Gasteiger partial charge in [-0.1, -0.05) is 6.42 Å². The van der Waals surface area contributed by atoms with Gasteiger partial charge in [-0.15, -0.1) is 0 Å². The summed E-state index contributed by atoms with van der Waals surface area (Å²) >= 11 is 0. The molecule has 0 aromatic heterocycles. The predicted molar refractivity (Wildman–Crippen MR) is 60.7 cm³/mol. The number of hydrogen-bond donors (Lipinski definition) is 1. The Morgan fingerprint density at radius 1 is 0.933 bits per heavy atom. The van der Waals surface area contributed by atoms with Crippen molar-refractivity contribution in [1.82, 2.24) is 4.90 Å². The molecule has 2 heteroatoms. The Kier molecular flexibility index (Phi) is 2.73. The van der Waals surface area contributed by atoms with Gasteiger partial charge in [0.05, 0.1) is 0 Å². The van der Waals surface area contributed by atoms with E-state index in [9.17, 15) is 5.11 Å². The Morgan fingerprint density at radius 2 is 1.60 bits per heavy atom. The highest BCUT2D eigenvalue weighted by atomic mass is 16.3. The van der Waals surface area contributed by atoms with E-state index in [1.54, 1.807) is 0 Å². The van der Waals surface area contributed by atoms with Crippen LogP contribution in [0.1, 0.15) is 44.9 Å². The van der Waals surface area contributed by atoms with Crippen molar-refractivity contribution in [2.45, 2.75) is 57.0 Å². The summed E-state index contributed by atoms with van der Waals surface area (Å²) in [6.07, 6.45) is 9.67. The Balaban J connectivity index is 1.66. The van der Waals surface area contributed by atoms with Crippen molar-refractivity contribution in [2.75, 3.05) is 13.2 Å². The maximum Gasteiger partial charge on any atom is 0.0460 e. The van der Waals surface area contributed by atoms with Crippen molar-refractivity contribution in [3.8, 4) is 0 Å². The smallest absolute Gasteiger partial charge is 0.0460 e. The maximum absolute atomic E-state index is 9.31. The molecule has 2 saturated heterocycles. The molecule has 1 saturated carbocycles. The molecule has 15 heavy (non-hydrogen) atoms. The average molecular weight is 209 g/mol. The number of hydrogen-bond acceptors (Lipinski definition) is 2. The van der Waals surface area contributed by atoms with Gasteiger partial charge in [0.1, 0.15) is 0 Å². The third-order valence-corrected chi connectivity index (χ3v) is 4.65. The van der Waals surface area contributed by atoms with Gasteiger partial charge in [0.15, 0.2) is 0 Å². The van der Waals surface area contributed by atoms with Crippen LogP contribution < -0.4 is 0 Å². The van der Waals surface area contributed by atoms with Gasteiger partial charge in [-0.3, -0.25) is 4.90 Å². The van der Waals surface area contributed by atoms with E-state index in [2.05, 4.69) is 4.90 Å². The molecule has 2 nitrogen and oxygen atoms in total. The largest absolute Gasteiger partial charge is 0.396 e. The minimum Gasteiger partial charge on any atom is -0.396 e. The van der Waals surface area contributed by atoms with Crippen molar-refractivity contribution < 1.29 is 5.11 Å². The summed E-state index contributed by atoms with van der Waals surface area (Å²) in [6, 6.07) is 1.63. The zero-order chi connectivity index (χ0) is 10.3. The molecule has 2 unspecified atom stereocenters. The second-order valence-corrected chi connectivity index (χ2v) is 5.90. The Labute approximate surface area is 92.7 Å². The van der Waals surface area contributed by atoms with Gasteiger partial charge < -0.3 is 5.11 Å². The van der Waals surface area contributed by atoms with Gasteiger partial charge in [-0.25, -0.2) is 0 Å². The van der Waals surface area contributed by atoms with Gasteiger partial charge >= 0.3 is 0 Å². The van der Waals surface area contributed by atoms with Crippen molar-refractivity contribution in [2.24, 2.45) is 11.8 Å².